The molecule has 0 saturated carbocycles. The van der Waals surface area contributed by atoms with Gasteiger partial charge in [0.1, 0.15) is 0 Å². The first-order valence-electron chi connectivity index (χ1n) is 6.81. The zero-order valence-corrected chi connectivity index (χ0v) is 14.1. The number of thiophene rings is 1. The van der Waals surface area contributed by atoms with E-state index in [-0.39, 0.29) is 5.91 Å². The molecule has 2 heterocycles. The fourth-order valence-corrected chi connectivity index (χ4v) is 3.37. The molecule has 0 aliphatic rings. The fraction of sp³-hybridized carbons (Fsp3) is 0.118. The van der Waals surface area contributed by atoms with E-state index in [1.54, 1.807) is 23.9 Å². The molecule has 0 N–H and O–H groups in total. The molecule has 1 amide bonds. The molecule has 0 bridgehead atoms. The van der Waals surface area contributed by atoms with Crippen molar-refractivity contribution in [1.82, 2.24) is 4.90 Å². The quantitative estimate of drug-likeness (QED) is 0.632. The van der Waals surface area contributed by atoms with Crippen LogP contribution in [0.3, 0.4) is 0 Å². The maximum atomic E-state index is 12.9. The Balaban J connectivity index is 1.87. The van der Waals surface area contributed by atoms with E-state index in [1.807, 2.05) is 52.7 Å². The Hall–Kier alpha value is -1.85. The van der Waals surface area contributed by atoms with Crippen LogP contribution in [0.5, 0.6) is 0 Å². The number of halogens is 1. The molecule has 3 nitrogen and oxygen atoms in total. The second-order valence-electron chi connectivity index (χ2n) is 4.85. The van der Waals surface area contributed by atoms with Crippen LogP contribution in [0.15, 0.2) is 69.3 Å². The number of hydrogen-bond donors (Lipinski definition) is 0. The lowest BCUT2D eigenvalue weighted by Gasteiger charge is -2.22. The molecule has 0 aliphatic heterocycles. The van der Waals surface area contributed by atoms with E-state index in [0.29, 0.717) is 18.7 Å². The van der Waals surface area contributed by atoms with Gasteiger partial charge in [-0.2, -0.15) is 0 Å². The molecule has 22 heavy (non-hydrogen) atoms. The van der Waals surface area contributed by atoms with Crippen molar-refractivity contribution in [3.8, 4) is 0 Å². The first-order chi connectivity index (χ1) is 10.7. The van der Waals surface area contributed by atoms with Crippen LogP contribution >= 0.6 is 27.3 Å². The number of carbonyl (C=O) groups is 1. The summed E-state index contributed by atoms with van der Waals surface area (Å²) in [7, 11) is 0. The van der Waals surface area contributed by atoms with Crippen LogP contribution in [0.1, 0.15) is 20.8 Å². The van der Waals surface area contributed by atoms with Crippen molar-refractivity contribution in [3.05, 3.63) is 80.8 Å². The summed E-state index contributed by atoms with van der Waals surface area (Å²) in [6.07, 6.45) is 3.30. The Kier molecular flexibility index (Phi) is 4.75. The van der Waals surface area contributed by atoms with Gasteiger partial charge in [0.25, 0.3) is 5.91 Å². The highest BCUT2D eigenvalue weighted by molar-refractivity contribution is 9.10. The first kappa shape index (κ1) is 15.1. The summed E-state index contributed by atoms with van der Waals surface area (Å²) in [5.41, 5.74) is 1.65. The third-order valence-corrected chi connectivity index (χ3v) is 4.82. The highest BCUT2D eigenvalue weighted by Gasteiger charge is 2.19. The van der Waals surface area contributed by atoms with Crippen LogP contribution in [0, 0.1) is 0 Å². The van der Waals surface area contributed by atoms with E-state index in [2.05, 4.69) is 15.9 Å². The van der Waals surface area contributed by atoms with E-state index < -0.39 is 0 Å². The Labute approximate surface area is 141 Å². The molecular weight excluding hydrogens is 362 g/mol. The van der Waals surface area contributed by atoms with Crippen molar-refractivity contribution in [2.75, 3.05) is 0 Å². The van der Waals surface area contributed by atoms with Gasteiger partial charge in [-0.25, -0.2) is 0 Å². The van der Waals surface area contributed by atoms with Gasteiger partial charge in [0.15, 0.2) is 0 Å². The van der Waals surface area contributed by atoms with E-state index in [1.165, 1.54) is 0 Å². The SMILES string of the molecule is O=C(c1ccccc1Br)N(Cc1ccoc1)Cc1cccs1. The lowest BCUT2D eigenvalue weighted by atomic mass is 10.2. The van der Waals surface area contributed by atoms with Crippen LogP contribution in [-0.4, -0.2) is 10.8 Å². The highest BCUT2D eigenvalue weighted by atomic mass is 79.9. The molecule has 1 aromatic carbocycles. The number of furan rings is 1. The molecule has 0 unspecified atom stereocenters. The standard InChI is InChI=1S/C17H14BrNO2S/c18-16-6-2-1-5-15(16)17(20)19(10-13-7-8-21-12-13)11-14-4-3-9-22-14/h1-9,12H,10-11H2. The zero-order chi connectivity index (χ0) is 15.4. The van der Waals surface area contributed by atoms with Gasteiger partial charge < -0.3 is 9.32 Å². The number of rotatable bonds is 5. The highest BCUT2D eigenvalue weighted by Crippen LogP contribution is 2.22. The Morgan fingerprint density at radius 3 is 2.68 bits per heavy atom. The lowest BCUT2D eigenvalue weighted by molar-refractivity contribution is 0.0730. The van der Waals surface area contributed by atoms with Crippen molar-refractivity contribution in [2.45, 2.75) is 13.1 Å². The summed E-state index contributed by atoms with van der Waals surface area (Å²) in [6.45, 7) is 1.11. The van der Waals surface area contributed by atoms with Crippen LogP contribution in [0.4, 0.5) is 0 Å². The Morgan fingerprint density at radius 2 is 2.00 bits per heavy atom. The molecule has 112 valence electrons. The number of hydrogen-bond acceptors (Lipinski definition) is 3. The van der Waals surface area contributed by atoms with E-state index in [0.717, 1.165) is 14.9 Å². The molecule has 2 aromatic heterocycles. The van der Waals surface area contributed by atoms with Crippen LogP contribution in [0.2, 0.25) is 0 Å². The molecule has 0 radical (unpaired) electrons. The minimum Gasteiger partial charge on any atom is -0.472 e. The summed E-state index contributed by atoms with van der Waals surface area (Å²) in [5.74, 6) is 0.00192. The smallest absolute Gasteiger partial charge is 0.255 e. The largest absolute Gasteiger partial charge is 0.472 e. The Bertz CT molecular complexity index is 702. The lowest BCUT2D eigenvalue weighted by Crippen LogP contribution is -2.30. The normalized spacial score (nSPS) is 10.6. The molecule has 0 fully saturated rings. The molecular formula is C17H14BrNO2S. The van der Waals surface area contributed by atoms with Crippen LogP contribution in [-0.2, 0) is 13.1 Å². The van der Waals surface area contributed by atoms with Gasteiger partial charge in [0.05, 0.1) is 24.6 Å². The van der Waals surface area contributed by atoms with Crippen molar-refractivity contribution < 1.29 is 9.21 Å². The second-order valence-corrected chi connectivity index (χ2v) is 6.74. The number of benzene rings is 1. The number of carbonyl (C=O) groups excluding carboxylic acids is 1. The summed E-state index contributed by atoms with van der Waals surface area (Å²) in [5, 5.41) is 2.02. The topological polar surface area (TPSA) is 33.5 Å². The minimum absolute atomic E-state index is 0.00192. The number of nitrogens with zero attached hydrogens (tertiary/aromatic N) is 1. The van der Waals surface area contributed by atoms with Crippen molar-refractivity contribution in [2.24, 2.45) is 0 Å². The second kappa shape index (κ2) is 6.94. The van der Waals surface area contributed by atoms with Gasteiger partial charge in [-0.15, -0.1) is 11.3 Å². The van der Waals surface area contributed by atoms with Gasteiger partial charge in [0, 0.05) is 21.5 Å². The molecule has 3 rings (SSSR count). The summed E-state index contributed by atoms with van der Waals surface area (Å²) < 4.78 is 5.92. The van der Waals surface area contributed by atoms with Crippen molar-refractivity contribution in [1.29, 1.82) is 0 Å². The van der Waals surface area contributed by atoms with E-state index >= 15 is 0 Å². The molecule has 0 aliphatic carbocycles. The summed E-state index contributed by atoms with van der Waals surface area (Å²) >= 11 is 5.11. The third-order valence-electron chi connectivity index (χ3n) is 3.27. The summed E-state index contributed by atoms with van der Waals surface area (Å²) in [6, 6.07) is 13.4. The summed E-state index contributed by atoms with van der Waals surface area (Å²) in [4.78, 5) is 15.9. The van der Waals surface area contributed by atoms with E-state index in [9.17, 15) is 4.79 Å². The zero-order valence-electron chi connectivity index (χ0n) is 11.7. The monoisotopic (exact) mass is 375 g/mol. The van der Waals surface area contributed by atoms with Crippen molar-refractivity contribution >= 4 is 33.2 Å². The van der Waals surface area contributed by atoms with Gasteiger partial charge in [-0.05, 0) is 45.6 Å². The van der Waals surface area contributed by atoms with Crippen LogP contribution < -0.4 is 0 Å². The molecule has 0 saturated heterocycles. The third kappa shape index (κ3) is 3.48. The average Bonchev–Trinajstić information content (AvgIpc) is 3.20. The Morgan fingerprint density at radius 1 is 1.14 bits per heavy atom. The van der Waals surface area contributed by atoms with Gasteiger partial charge >= 0.3 is 0 Å². The first-order valence-corrected chi connectivity index (χ1v) is 8.48. The van der Waals surface area contributed by atoms with Crippen molar-refractivity contribution in [3.63, 3.8) is 0 Å². The van der Waals surface area contributed by atoms with Gasteiger partial charge in [0.2, 0.25) is 0 Å². The predicted octanol–water partition coefficient (Wildman–Crippen LogP) is 4.95. The molecule has 5 heteroatoms. The molecule has 0 atom stereocenters. The number of amides is 1. The average molecular weight is 376 g/mol. The maximum absolute atomic E-state index is 12.9. The molecule has 3 aromatic rings. The predicted molar refractivity (Wildman–Crippen MR) is 90.7 cm³/mol. The van der Waals surface area contributed by atoms with E-state index in [4.69, 9.17) is 4.42 Å². The van der Waals surface area contributed by atoms with Gasteiger partial charge in [-0.1, -0.05) is 18.2 Å². The molecule has 0 spiro atoms. The fourth-order valence-electron chi connectivity index (χ4n) is 2.20. The van der Waals surface area contributed by atoms with Crippen LogP contribution in [0.25, 0.3) is 0 Å². The minimum atomic E-state index is 0.00192. The van der Waals surface area contributed by atoms with Gasteiger partial charge in [-0.3, -0.25) is 4.79 Å². The maximum Gasteiger partial charge on any atom is 0.255 e.